The Hall–Kier alpha value is -8.34. The van der Waals surface area contributed by atoms with Gasteiger partial charge < -0.3 is 19.3 Å². The summed E-state index contributed by atoms with van der Waals surface area (Å²) in [5.74, 6) is 1.69. The molecule has 0 saturated carbocycles. The second-order valence-electron chi connectivity index (χ2n) is 21.4. The average molecular weight is 965 g/mol. The maximum atomic E-state index is 5.52. The predicted octanol–water partition coefficient (Wildman–Crippen LogP) is 18.8. The van der Waals surface area contributed by atoms with E-state index in [9.17, 15) is 0 Å². The number of aryl methyl sites for hydroxylation is 4. The first-order valence-electron chi connectivity index (χ1n) is 25.8. The molecule has 74 heavy (non-hydrogen) atoms. The summed E-state index contributed by atoms with van der Waals surface area (Å²) in [6, 6.07) is 66.9. The molecule has 9 aromatic rings. The second-order valence-corrected chi connectivity index (χ2v) is 21.4. The molecule has 366 valence electrons. The first-order valence-corrected chi connectivity index (χ1v) is 25.8. The number of hydrogen-bond donors (Lipinski definition) is 0. The van der Waals surface area contributed by atoms with Crippen molar-refractivity contribution in [3.8, 4) is 33.8 Å². The van der Waals surface area contributed by atoms with Crippen LogP contribution in [0.2, 0.25) is 0 Å². The Labute approximate surface area is 438 Å². The fraction of sp³-hybridized carbons (Fsp3) is 0.171. The highest BCUT2D eigenvalue weighted by molar-refractivity contribution is 5.89. The lowest BCUT2D eigenvalue weighted by molar-refractivity contribution is 0.414. The molecule has 0 fully saturated rings. The molecule has 0 atom stereocenters. The number of hydrogen-bond acceptors (Lipinski definition) is 4. The lowest BCUT2D eigenvalue weighted by Crippen LogP contribution is -2.17. The summed E-state index contributed by atoms with van der Waals surface area (Å²) >= 11 is 0. The van der Waals surface area contributed by atoms with E-state index >= 15 is 0 Å². The molecule has 2 aliphatic carbocycles. The maximum absolute atomic E-state index is 5.52. The molecule has 4 heteroatoms. The molecule has 0 saturated heterocycles. The van der Waals surface area contributed by atoms with E-state index in [1.165, 1.54) is 89.0 Å². The summed E-state index contributed by atoms with van der Waals surface area (Å²) in [5.41, 5.74) is 26.6. The standard InChI is InChI=1S/C70H64N2O2/c1-45-35-46(2)38-57(37-45)71(53-21-27-59(73-9)28-22-53)55-25-33-63-61-31-19-51(41-65(61)69(5,6)67(63)43-55)17-15-49-11-13-50(14-12-49)16-18-52-20-32-62-64-34-26-56(44-68(64)70(7,8)66(62)42-52)72(54-23-29-60(74-10)30-24-54)58-39-47(3)36-48(4)40-58/h11-44H,1-10H3/b17-15+,18-16+. The van der Waals surface area contributed by atoms with Gasteiger partial charge in [0.05, 0.1) is 14.2 Å². The Morgan fingerprint density at radius 2 is 0.581 bits per heavy atom. The summed E-state index contributed by atoms with van der Waals surface area (Å²) in [4.78, 5) is 4.73. The zero-order valence-corrected chi connectivity index (χ0v) is 44.3. The molecule has 0 N–H and O–H groups in total. The van der Waals surface area contributed by atoms with Gasteiger partial charge in [-0.1, -0.05) is 137 Å². The summed E-state index contributed by atoms with van der Waals surface area (Å²) in [6.45, 7) is 18.1. The van der Waals surface area contributed by atoms with Crippen molar-refractivity contribution in [2.24, 2.45) is 0 Å². The Morgan fingerprint density at radius 3 is 0.919 bits per heavy atom. The number of methoxy groups -OCH3 is 2. The number of nitrogens with zero attached hydrogens (tertiary/aromatic N) is 2. The van der Waals surface area contributed by atoms with E-state index in [2.05, 4.69) is 247 Å². The van der Waals surface area contributed by atoms with Crippen LogP contribution in [0.25, 0.3) is 46.6 Å². The summed E-state index contributed by atoms with van der Waals surface area (Å²) in [5, 5.41) is 0. The molecule has 0 unspecified atom stereocenters. The fourth-order valence-corrected chi connectivity index (χ4v) is 11.6. The van der Waals surface area contributed by atoms with Gasteiger partial charge in [-0.3, -0.25) is 0 Å². The quantitative estimate of drug-likeness (QED) is 0.114. The Morgan fingerprint density at radius 1 is 0.297 bits per heavy atom. The molecule has 0 amide bonds. The summed E-state index contributed by atoms with van der Waals surface area (Å²) in [7, 11) is 3.43. The molecule has 9 aromatic carbocycles. The molecular weight excluding hydrogens is 901 g/mol. The van der Waals surface area contributed by atoms with Crippen LogP contribution < -0.4 is 19.3 Å². The molecule has 0 radical (unpaired) electrons. The van der Waals surface area contributed by atoms with Crippen molar-refractivity contribution in [2.75, 3.05) is 24.0 Å². The highest BCUT2D eigenvalue weighted by Crippen LogP contribution is 2.53. The van der Waals surface area contributed by atoms with Gasteiger partial charge >= 0.3 is 0 Å². The van der Waals surface area contributed by atoms with Gasteiger partial charge in [-0.15, -0.1) is 0 Å². The van der Waals surface area contributed by atoms with Crippen LogP contribution in [0.15, 0.2) is 182 Å². The third-order valence-corrected chi connectivity index (χ3v) is 15.3. The van der Waals surface area contributed by atoms with E-state index in [0.717, 1.165) is 45.6 Å². The van der Waals surface area contributed by atoms with Gasteiger partial charge in [0.1, 0.15) is 11.5 Å². The molecular formula is C70H64N2O2. The van der Waals surface area contributed by atoms with Gasteiger partial charge in [0.25, 0.3) is 0 Å². The minimum absolute atomic E-state index is 0.184. The van der Waals surface area contributed by atoms with Crippen LogP contribution in [0.4, 0.5) is 34.1 Å². The van der Waals surface area contributed by atoms with Gasteiger partial charge in [0, 0.05) is 45.0 Å². The fourth-order valence-electron chi connectivity index (χ4n) is 11.6. The Kier molecular flexibility index (Phi) is 12.3. The minimum atomic E-state index is -0.184. The molecule has 11 rings (SSSR count). The second kappa shape index (κ2) is 18.9. The van der Waals surface area contributed by atoms with Crippen LogP contribution in [-0.2, 0) is 10.8 Å². The number of rotatable bonds is 12. The van der Waals surface area contributed by atoms with Gasteiger partial charge in [0.15, 0.2) is 0 Å². The Balaban J connectivity index is 0.802. The average Bonchev–Trinajstić information content (AvgIpc) is 3.77. The zero-order valence-electron chi connectivity index (χ0n) is 44.3. The van der Waals surface area contributed by atoms with E-state index in [1.807, 2.05) is 24.3 Å². The van der Waals surface area contributed by atoms with Crippen molar-refractivity contribution < 1.29 is 9.47 Å². The van der Waals surface area contributed by atoms with Crippen molar-refractivity contribution in [2.45, 2.75) is 66.2 Å². The molecule has 2 aliphatic rings. The molecule has 4 nitrogen and oxygen atoms in total. The first-order chi connectivity index (χ1) is 35.7. The number of fused-ring (bicyclic) bond motifs is 6. The summed E-state index contributed by atoms with van der Waals surface area (Å²) < 4.78 is 11.0. The SMILES string of the molecule is COc1ccc(N(c2cc(C)cc(C)c2)c2ccc3c(c2)C(C)(C)c2cc(/C=C/c4ccc(/C=C/c5ccc6c(c5)C(C)(C)c5cc(N(c7ccc(OC)cc7)c7cc(C)cc(C)c7)ccc5-6)cc4)ccc2-3)cc1. The lowest BCUT2D eigenvalue weighted by atomic mass is 9.81. The molecule has 0 spiro atoms. The minimum Gasteiger partial charge on any atom is -0.497 e. The van der Waals surface area contributed by atoms with Crippen molar-refractivity contribution in [3.05, 3.63) is 249 Å². The normalized spacial score (nSPS) is 13.6. The smallest absolute Gasteiger partial charge is 0.119 e. The highest BCUT2D eigenvalue weighted by Gasteiger charge is 2.38. The molecule has 0 aliphatic heterocycles. The van der Waals surface area contributed by atoms with Crippen molar-refractivity contribution in [1.29, 1.82) is 0 Å². The molecule has 0 aromatic heterocycles. The van der Waals surface area contributed by atoms with Gasteiger partial charge in [0.2, 0.25) is 0 Å². The highest BCUT2D eigenvalue weighted by atomic mass is 16.5. The molecule has 0 heterocycles. The van der Waals surface area contributed by atoms with Crippen LogP contribution in [-0.4, -0.2) is 14.2 Å². The molecule has 0 bridgehead atoms. The lowest BCUT2D eigenvalue weighted by Gasteiger charge is -2.28. The van der Waals surface area contributed by atoms with Crippen LogP contribution >= 0.6 is 0 Å². The predicted molar refractivity (Wildman–Crippen MR) is 314 cm³/mol. The van der Waals surface area contributed by atoms with Crippen LogP contribution in [0.1, 0.15) is 94.5 Å². The third-order valence-electron chi connectivity index (χ3n) is 15.3. The first kappa shape index (κ1) is 48.0. The van der Waals surface area contributed by atoms with Gasteiger partial charge in [-0.05, 0) is 214 Å². The van der Waals surface area contributed by atoms with Crippen LogP contribution in [0.3, 0.4) is 0 Å². The van der Waals surface area contributed by atoms with E-state index in [0.29, 0.717) is 0 Å². The van der Waals surface area contributed by atoms with Crippen LogP contribution in [0, 0.1) is 27.7 Å². The third kappa shape index (κ3) is 8.89. The van der Waals surface area contributed by atoms with E-state index in [1.54, 1.807) is 14.2 Å². The van der Waals surface area contributed by atoms with Gasteiger partial charge in [-0.25, -0.2) is 0 Å². The maximum Gasteiger partial charge on any atom is 0.119 e. The largest absolute Gasteiger partial charge is 0.497 e. The number of anilines is 6. The van der Waals surface area contributed by atoms with Crippen molar-refractivity contribution in [3.63, 3.8) is 0 Å². The van der Waals surface area contributed by atoms with Gasteiger partial charge in [-0.2, -0.15) is 0 Å². The Bertz CT molecular complexity index is 3390. The topological polar surface area (TPSA) is 24.9 Å². The van der Waals surface area contributed by atoms with Crippen molar-refractivity contribution in [1.82, 2.24) is 0 Å². The number of benzene rings is 9. The summed E-state index contributed by atoms with van der Waals surface area (Å²) in [6.07, 6.45) is 8.94. The van der Waals surface area contributed by atoms with E-state index in [4.69, 9.17) is 9.47 Å². The van der Waals surface area contributed by atoms with E-state index < -0.39 is 0 Å². The monoisotopic (exact) mass is 964 g/mol. The zero-order chi connectivity index (χ0) is 51.5. The van der Waals surface area contributed by atoms with E-state index in [-0.39, 0.29) is 10.8 Å². The number of ether oxygens (including phenoxy) is 2. The van der Waals surface area contributed by atoms with Crippen molar-refractivity contribution >= 4 is 58.4 Å². The van der Waals surface area contributed by atoms with Crippen LogP contribution in [0.5, 0.6) is 11.5 Å².